The van der Waals surface area contributed by atoms with Crippen molar-refractivity contribution in [3.05, 3.63) is 22.8 Å². The second-order valence-electron chi connectivity index (χ2n) is 3.95. The van der Waals surface area contributed by atoms with Gasteiger partial charge in [-0.05, 0) is 12.1 Å². The first-order valence-corrected chi connectivity index (χ1v) is 8.39. The lowest BCUT2D eigenvalue weighted by Crippen LogP contribution is -2.34. The van der Waals surface area contributed by atoms with E-state index in [9.17, 15) is 4.79 Å². The van der Waals surface area contributed by atoms with Crippen molar-refractivity contribution in [2.75, 3.05) is 29.2 Å². The number of nitrogens with one attached hydrogen (secondary N) is 2. The van der Waals surface area contributed by atoms with Gasteiger partial charge in [0.2, 0.25) is 0 Å². The Kier molecular flexibility index (Phi) is 5.62. The van der Waals surface area contributed by atoms with E-state index in [1.54, 1.807) is 12.1 Å². The number of carbonyl (C=O) groups excluding carboxylic acids is 1. The molecule has 1 aliphatic heterocycles. The normalized spacial score (nSPS) is 18.9. The monoisotopic (exact) mass is 318 g/mol. The number of anilines is 1. The minimum absolute atomic E-state index is 0.200. The summed E-state index contributed by atoms with van der Waals surface area (Å²) < 4.78 is 0. The minimum Gasteiger partial charge on any atom is -0.350 e. The molecule has 5 nitrogen and oxygen atoms in total. The maximum absolute atomic E-state index is 12.0. The first-order valence-electron chi connectivity index (χ1n) is 5.81. The highest BCUT2D eigenvalue weighted by Crippen LogP contribution is 2.23. The summed E-state index contributed by atoms with van der Waals surface area (Å²) in [6.45, 7) is 0.634. The molecule has 2 rings (SSSR count). The fraction of sp³-hybridized carbons (Fsp3) is 0.455. The molecule has 1 aromatic rings. The molecular formula is C11H15ClN4OS2. The molecule has 1 aliphatic rings. The number of hydrogen-bond donors (Lipinski definition) is 3. The van der Waals surface area contributed by atoms with Crippen molar-refractivity contribution in [2.45, 2.75) is 5.25 Å². The number of rotatable bonds is 4. The van der Waals surface area contributed by atoms with Crippen molar-refractivity contribution in [2.24, 2.45) is 5.84 Å². The lowest BCUT2D eigenvalue weighted by atomic mass is 10.3. The van der Waals surface area contributed by atoms with Crippen LogP contribution in [0, 0.1) is 0 Å². The van der Waals surface area contributed by atoms with Crippen LogP contribution in [-0.4, -0.2) is 39.9 Å². The molecule has 0 aromatic carbocycles. The first-order chi connectivity index (χ1) is 9.20. The number of thioether (sulfide) groups is 2. The maximum atomic E-state index is 12.0. The van der Waals surface area contributed by atoms with Gasteiger partial charge in [-0.2, -0.15) is 23.5 Å². The zero-order valence-corrected chi connectivity index (χ0v) is 12.6. The molecule has 0 saturated carbocycles. The first kappa shape index (κ1) is 14.8. The van der Waals surface area contributed by atoms with E-state index in [0.29, 0.717) is 22.6 Å². The summed E-state index contributed by atoms with van der Waals surface area (Å²) in [6, 6.07) is 3.22. The molecule has 8 heteroatoms. The number of nitrogens with zero attached hydrogens (tertiary/aromatic N) is 1. The number of hydrogen-bond acceptors (Lipinski definition) is 6. The number of hydrazine groups is 1. The molecule has 1 amide bonds. The van der Waals surface area contributed by atoms with E-state index in [4.69, 9.17) is 17.4 Å². The molecule has 1 atom stereocenters. The van der Waals surface area contributed by atoms with E-state index in [1.807, 2.05) is 23.5 Å². The molecule has 1 aromatic heterocycles. The summed E-state index contributed by atoms with van der Waals surface area (Å²) in [5, 5.41) is 3.65. The van der Waals surface area contributed by atoms with Crippen molar-refractivity contribution in [1.29, 1.82) is 0 Å². The summed E-state index contributed by atoms with van der Waals surface area (Å²) in [7, 11) is 0. The largest absolute Gasteiger partial charge is 0.350 e. The van der Waals surface area contributed by atoms with Gasteiger partial charge >= 0.3 is 0 Å². The van der Waals surface area contributed by atoms with Gasteiger partial charge in [-0.3, -0.25) is 4.79 Å². The van der Waals surface area contributed by atoms with Crippen molar-refractivity contribution in [3.8, 4) is 0 Å². The highest BCUT2D eigenvalue weighted by molar-refractivity contribution is 8.06. The van der Waals surface area contributed by atoms with Gasteiger partial charge in [0, 0.05) is 29.1 Å². The molecule has 19 heavy (non-hydrogen) atoms. The zero-order valence-electron chi connectivity index (χ0n) is 10.2. The molecule has 1 fully saturated rings. The number of halogens is 1. The molecular weight excluding hydrogens is 304 g/mol. The Morgan fingerprint density at radius 2 is 2.37 bits per heavy atom. The van der Waals surface area contributed by atoms with Crippen LogP contribution in [0.3, 0.4) is 0 Å². The van der Waals surface area contributed by atoms with Gasteiger partial charge in [0.15, 0.2) is 0 Å². The lowest BCUT2D eigenvalue weighted by Gasteiger charge is -2.21. The van der Waals surface area contributed by atoms with Crippen molar-refractivity contribution < 1.29 is 4.79 Å². The zero-order chi connectivity index (χ0) is 13.7. The van der Waals surface area contributed by atoms with Crippen LogP contribution in [-0.2, 0) is 0 Å². The third-order valence-electron chi connectivity index (χ3n) is 2.58. The third kappa shape index (κ3) is 4.17. The van der Waals surface area contributed by atoms with Gasteiger partial charge in [0.1, 0.15) is 11.5 Å². The van der Waals surface area contributed by atoms with E-state index in [2.05, 4.69) is 15.7 Å². The van der Waals surface area contributed by atoms with Crippen molar-refractivity contribution in [3.63, 3.8) is 0 Å². The second-order valence-corrected chi connectivity index (χ2v) is 6.91. The van der Waals surface area contributed by atoms with Crippen LogP contribution in [0.2, 0.25) is 5.02 Å². The molecule has 0 aliphatic carbocycles. The second kappa shape index (κ2) is 7.23. The molecule has 104 valence electrons. The molecule has 1 saturated heterocycles. The van der Waals surface area contributed by atoms with Gasteiger partial charge < -0.3 is 10.7 Å². The molecule has 0 spiro atoms. The number of carbonyl (C=O) groups is 1. The van der Waals surface area contributed by atoms with Crippen LogP contribution >= 0.6 is 35.1 Å². The van der Waals surface area contributed by atoms with E-state index in [0.717, 1.165) is 11.5 Å². The Hall–Kier alpha value is -0.630. The Morgan fingerprint density at radius 3 is 3.05 bits per heavy atom. The maximum Gasteiger partial charge on any atom is 0.271 e. The lowest BCUT2D eigenvalue weighted by molar-refractivity contribution is 0.0949. The SMILES string of the molecule is NNc1ccc(Cl)c(C(=O)NCC2CSCCS2)n1. The highest BCUT2D eigenvalue weighted by atomic mass is 35.5. The average molecular weight is 319 g/mol. The standard InChI is InChI=1S/C11H15ClN4OS2/c12-8-1-2-9(16-13)15-10(8)11(17)14-5-7-6-18-3-4-19-7/h1-2,7H,3-6,13H2,(H,14,17)(H,15,16). The molecule has 1 unspecified atom stereocenters. The van der Waals surface area contributed by atoms with Crippen molar-refractivity contribution in [1.82, 2.24) is 10.3 Å². The number of amides is 1. The van der Waals surface area contributed by atoms with E-state index < -0.39 is 0 Å². The predicted molar refractivity (Wildman–Crippen MR) is 83.0 cm³/mol. The van der Waals surface area contributed by atoms with Gasteiger partial charge in [-0.25, -0.2) is 10.8 Å². The highest BCUT2D eigenvalue weighted by Gasteiger charge is 2.18. The summed E-state index contributed by atoms with van der Waals surface area (Å²) in [5.74, 6) is 8.80. The minimum atomic E-state index is -0.265. The van der Waals surface area contributed by atoms with E-state index in [-0.39, 0.29) is 11.6 Å². The van der Waals surface area contributed by atoms with Gasteiger partial charge in [-0.15, -0.1) is 0 Å². The van der Waals surface area contributed by atoms with Crippen LogP contribution in [0.1, 0.15) is 10.5 Å². The molecule has 2 heterocycles. The average Bonchev–Trinajstić information content (AvgIpc) is 2.46. The Morgan fingerprint density at radius 1 is 1.53 bits per heavy atom. The molecule has 0 bridgehead atoms. The Bertz CT molecular complexity index is 454. The summed E-state index contributed by atoms with van der Waals surface area (Å²) in [4.78, 5) is 16.1. The fourth-order valence-corrected chi connectivity index (χ4v) is 4.43. The quantitative estimate of drug-likeness (QED) is 0.578. The van der Waals surface area contributed by atoms with Crippen LogP contribution in [0.4, 0.5) is 5.82 Å². The smallest absolute Gasteiger partial charge is 0.271 e. The summed E-state index contributed by atoms with van der Waals surface area (Å²) in [6.07, 6.45) is 0. The number of nitrogens with two attached hydrogens (primary N) is 1. The number of pyridine rings is 1. The van der Waals surface area contributed by atoms with Crippen LogP contribution < -0.4 is 16.6 Å². The van der Waals surface area contributed by atoms with E-state index in [1.165, 1.54) is 5.75 Å². The fourth-order valence-electron chi connectivity index (χ4n) is 1.63. The topological polar surface area (TPSA) is 80.0 Å². The Labute approximate surface area is 125 Å². The van der Waals surface area contributed by atoms with Gasteiger partial charge in [-0.1, -0.05) is 11.6 Å². The summed E-state index contributed by atoms with van der Waals surface area (Å²) in [5.41, 5.74) is 2.60. The van der Waals surface area contributed by atoms with Gasteiger partial charge in [0.25, 0.3) is 5.91 Å². The van der Waals surface area contributed by atoms with Crippen LogP contribution in [0.25, 0.3) is 0 Å². The Balaban J connectivity index is 1.95. The molecule has 4 N–H and O–H groups in total. The number of aromatic nitrogens is 1. The van der Waals surface area contributed by atoms with Crippen LogP contribution in [0.15, 0.2) is 12.1 Å². The third-order valence-corrected chi connectivity index (χ3v) is 5.73. The van der Waals surface area contributed by atoms with E-state index >= 15 is 0 Å². The number of nitrogen functional groups attached to an aromatic ring is 1. The molecule has 0 radical (unpaired) electrons. The van der Waals surface area contributed by atoms with Gasteiger partial charge in [0.05, 0.1) is 5.02 Å². The van der Waals surface area contributed by atoms with Crippen molar-refractivity contribution >= 4 is 46.8 Å². The predicted octanol–water partition coefficient (Wildman–Crippen LogP) is 1.60. The summed E-state index contributed by atoms with van der Waals surface area (Å²) >= 11 is 9.78. The van der Waals surface area contributed by atoms with Crippen LogP contribution in [0.5, 0.6) is 0 Å².